The number of hydrogen-bond acceptors (Lipinski definition) is 7. The summed E-state index contributed by atoms with van der Waals surface area (Å²) in [7, 11) is 0. The first-order chi connectivity index (χ1) is 10.1. The number of esters is 1. The van der Waals surface area contributed by atoms with Gasteiger partial charge in [-0.25, -0.2) is 4.79 Å². The maximum atomic E-state index is 12.0. The monoisotopic (exact) mass is 320 g/mol. The number of rotatable bonds is 4. The predicted molar refractivity (Wildman–Crippen MR) is 80.5 cm³/mol. The van der Waals surface area contributed by atoms with Crippen LogP contribution in [0.15, 0.2) is 34.1 Å². The van der Waals surface area contributed by atoms with Gasteiger partial charge in [-0.2, -0.15) is 0 Å². The van der Waals surface area contributed by atoms with Gasteiger partial charge in [-0.15, -0.1) is 32.9 Å². The first-order valence-corrected chi connectivity index (χ1v) is 7.98. The summed E-state index contributed by atoms with van der Waals surface area (Å²) in [5, 5.41) is 9.84. The number of aryl methyl sites for hydroxylation is 1. The molecule has 5 nitrogen and oxygen atoms in total. The summed E-state index contributed by atoms with van der Waals surface area (Å²) in [4.78, 5) is 14.5. The quantitative estimate of drug-likeness (QED) is 0.678. The molecule has 0 saturated heterocycles. The van der Waals surface area contributed by atoms with Gasteiger partial charge in [0, 0.05) is 4.88 Å². The maximum Gasteiger partial charge on any atom is 0.349 e. The smallest absolute Gasteiger partial charge is 0.349 e. The molecule has 0 spiro atoms. The van der Waals surface area contributed by atoms with E-state index in [0.717, 1.165) is 9.75 Å². The van der Waals surface area contributed by atoms with E-state index in [1.54, 1.807) is 13.0 Å². The molecule has 3 rings (SSSR count). The normalized spacial score (nSPS) is 12.3. The Morgan fingerprint density at radius 1 is 1.33 bits per heavy atom. The number of thiophene rings is 2. The minimum Gasteiger partial charge on any atom is -0.448 e. The van der Waals surface area contributed by atoms with E-state index >= 15 is 0 Å². The highest BCUT2D eigenvalue weighted by Crippen LogP contribution is 2.26. The van der Waals surface area contributed by atoms with Crippen LogP contribution in [0.1, 0.15) is 33.5 Å². The summed E-state index contributed by atoms with van der Waals surface area (Å²) >= 11 is 2.91. The number of carbonyl (C=O) groups excluding carboxylic acids is 1. The number of ether oxygens (including phenoxy) is 1. The first-order valence-electron chi connectivity index (χ1n) is 6.28. The van der Waals surface area contributed by atoms with Gasteiger partial charge in [-0.05, 0) is 37.4 Å². The van der Waals surface area contributed by atoms with Gasteiger partial charge in [-0.3, -0.25) is 0 Å². The minimum absolute atomic E-state index is 0.292. The van der Waals surface area contributed by atoms with Crippen LogP contribution in [-0.2, 0) is 4.74 Å². The average molecular weight is 320 g/mol. The third-order valence-electron chi connectivity index (χ3n) is 2.75. The zero-order valence-corrected chi connectivity index (χ0v) is 13.0. The summed E-state index contributed by atoms with van der Waals surface area (Å²) < 4.78 is 10.9. The van der Waals surface area contributed by atoms with Crippen molar-refractivity contribution in [1.29, 1.82) is 0 Å². The molecule has 0 fully saturated rings. The van der Waals surface area contributed by atoms with Crippen molar-refractivity contribution >= 4 is 28.6 Å². The van der Waals surface area contributed by atoms with E-state index in [9.17, 15) is 4.79 Å². The van der Waals surface area contributed by atoms with Gasteiger partial charge >= 0.3 is 5.97 Å². The Labute approximate surface area is 129 Å². The van der Waals surface area contributed by atoms with Crippen LogP contribution in [0.4, 0.5) is 0 Å². The highest BCUT2D eigenvalue weighted by atomic mass is 32.1. The molecule has 108 valence electrons. The second-order valence-corrected chi connectivity index (χ2v) is 6.62. The fourth-order valence-corrected chi connectivity index (χ4v) is 3.11. The molecule has 0 bridgehead atoms. The zero-order valence-electron chi connectivity index (χ0n) is 11.4. The molecule has 0 aliphatic rings. The maximum absolute atomic E-state index is 12.0. The molecule has 0 N–H and O–H groups in total. The molecule has 3 aromatic rings. The highest BCUT2D eigenvalue weighted by Gasteiger charge is 2.20. The van der Waals surface area contributed by atoms with Crippen molar-refractivity contribution in [2.45, 2.75) is 20.0 Å². The molecule has 3 heterocycles. The van der Waals surface area contributed by atoms with Gasteiger partial charge in [0.15, 0.2) is 6.10 Å². The van der Waals surface area contributed by atoms with E-state index in [2.05, 4.69) is 10.2 Å². The molecule has 3 aromatic heterocycles. The first kappa shape index (κ1) is 14.0. The second kappa shape index (κ2) is 5.79. The summed E-state index contributed by atoms with van der Waals surface area (Å²) in [6.45, 7) is 3.65. The van der Waals surface area contributed by atoms with Crippen LogP contribution in [0, 0.1) is 6.92 Å². The summed E-state index contributed by atoms with van der Waals surface area (Å²) in [6, 6.07) is 7.44. The molecule has 0 saturated carbocycles. The molecule has 0 radical (unpaired) electrons. The number of hydrogen-bond donors (Lipinski definition) is 0. The van der Waals surface area contributed by atoms with Crippen LogP contribution in [-0.4, -0.2) is 16.2 Å². The topological polar surface area (TPSA) is 65.2 Å². The number of aromatic nitrogens is 2. The molecule has 7 heteroatoms. The van der Waals surface area contributed by atoms with Crippen molar-refractivity contribution < 1.29 is 13.9 Å². The Morgan fingerprint density at radius 2 is 2.19 bits per heavy atom. The van der Waals surface area contributed by atoms with Gasteiger partial charge in [0.25, 0.3) is 11.8 Å². The molecule has 0 aromatic carbocycles. The third-order valence-corrected chi connectivity index (χ3v) is 4.58. The standard InChI is InChI=1S/C14H12N2O3S2/c1-8-5-6-11(21-8)14(17)18-9(2)12-15-16-13(19-12)10-4-3-7-20-10/h3-7,9H,1-2H3/t9-/m0/s1. The minimum atomic E-state index is -0.582. The van der Waals surface area contributed by atoms with E-state index in [1.807, 2.05) is 30.5 Å². The van der Waals surface area contributed by atoms with Crippen molar-refractivity contribution in [1.82, 2.24) is 10.2 Å². The average Bonchev–Trinajstić information content (AvgIpc) is 3.19. The van der Waals surface area contributed by atoms with Crippen LogP contribution in [0.25, 0.3) is 10.8 Å². The van der Waals surface area contributed by atoms with Gasteiger partial charge in [0.05, 0.1) is 4.88 Å². The Morgan fingerprint density at radius 3 is 2.86 bits per heavy atom. The van der Waals surface area contributed by atoms with Crippen LogP contribution < -0.4 is 0 Å². The molecule has 0 amide bonds. The van der Waals surface area contributed by atoms with Gasteiger partial charge < -0.3 is 9.15 Å². The van der Waals surface area contributed by atoms with E-state index in [4.69, 9.17) is 9.15 Å². The van der Waals surface area contributed by atoms with Crippen LogP contribution >= 0.6 is 22.7 Å². The Bertz CT molecular complexity index is 746. The Hall–Kier alpha value is -1.99. The van der Waals surface area contributed by atoms with E-state index < -0.39 is 6.10 Å². The molecule has 0 aliphatic carbocycles. The van der Waals surface area contributed by atoms with E-state index in [-0.39, 0.29) is 5.97 Å². The molecule has 1 atom stereocenters. The van der Waals surface area contributed by atoms with Crippen molar-refractivity contribution in [3.8, 4) is 10.8 Å². The van der Waals surface area contributed by atoms with Gasteiger partial charge in [-0.1, -0.05) is 6.07 Å². The molecule has 21 heavy (non-hydrogen) atoms. The summed E-state index contributed by atoms with van der Waals surface area (Å²) in [5.41, 5.74) is 0. The Balaban J connectivity index is 1.71. The van der Waals surface area contributed by atoms with Crippen LogP contribution in [0.2, 0.25) is 0 Å². The number of nitrogens with zero attached hydrogens (tertiary/aromatic N) is 2. The van der Waals surface area contributed by atoms with Gasteiger partial charge in [0.1, 0.15) is 4.88 Å². The van der Waals surface area contributed by atoms with Crippen LogP contribution in [0.3, 0.4) is 0 Å². The van der Waals surface area contributed by atoms with Crippen molar-refractivity contribution in [2.24, 2.45) is 0 Å². The Kier molecular flexibility index (Phi) is 3.85. The lowest BCUT2D eigenvalue weighted by molar-refractivity contribution is 0.0286. The second-order valence-electron chi connectivity index (χ2n) is 4.38. The van der Waals surface area contributed by atoms with E-state index in [0.29, 0.717) is 16.7 Å². The predicted octanol–water partition coefficient (Wildman–Crippen LogP) is 4.09. The largest absolute Gasteiger partial charge is 0.448 e. The number of carbonyl (C=O) groups is 1. The van der Waals surface area contributed by atoms with E-state index in [1.165, 1.54) is 22.7 Å². The third kappa shape index (κ3) is 3.03. The van der Waals surface area contributed by atoms with Crippen molar-refractivity contribution in [3.05, 3.63) is 45.3 Å². The van der Waals surface area contributed by atoms with Crippen LogP contribution in [0.5, 0.6) is 0 Å². The lowest BCUT2D eigenvalue weighted by Crippen LogP contribution is -2.08. The van der Waals surface area contributed by atoms with Crippen molar-refractivity contribution in [2.75, 3.05) is 0 Å². The lowest BCUT2D eigenvalue weighted by atomic mass is 10.4. The van der Waals surface area contributed by atoms with Crippen molar-refractivity contribution in [3.63, 3.8) is 0 Å². The molecular formula is C14H12N2O3S2. The molecule has 0 unspecified atom stereocenters. The lowest BCUT2D eigenvalue weighted by Gasteiger charge is -2.07. The molecule has 0 aliphatic heterocycles. The SMILES string of the molecule is Cc1ccc(C(=O)O[C@@H](C)c2nnc(-c3cccs3)o2)s1. The summed E-state index contributed by atoms with van der Waals surface area (Å²) in [6.07, 6.45) is -0.582. The zero-order chi connectivity index (χ0) is 14.8. The fourth-order valence-electron chi connectivity index (χ4n) is 1.71. The highest BCUT2D eigenvalue weighted by molar-refractivity contribution is 7.14. The fraction of sp³-hybridized carbons (Fsp3) is 0.214. The summed E-state index contributed by atoms with van der Waals surface area (Å²) in [5.74, 6) is 0.353. The molecular weight excluding hydrogens is 308 g/mol. The van der Waals surface area contributed by atoms with Gasteiger partial charge in [0.2, 0.25) is 0 Å².